The Morgan fingerprint density at radius 3 is 2.10 bits per heavy atom. The Labute approximate surface area is 124 Å². The van der Waals surface area contributed by atoms with Gasteiger partial charge in [0.1, 0.15) is 5.41 Å². The zero-order chi connectivity index (χ0) is 14.3. The molecule has 3 heteroatoms. The molecule has 0 unspecified atom stereocenters. The number of nitrogens with zero attached hydrogens (tertiary/aromatic N) is 2. The molecule has 106 valence electrons. The van der Waals surface area contributed by atoms with E-state index in [1.165, 1.54) is 11.3 Å². The minimum Gasteiger partial charge on any atom is -0.369 e. The van der Waals surface area contributed by atoms with Gasteiger partial charge in [0.2, 0.25) is 5.91 Å². The van der Waals surface area contributed by atoms with Gasteiger partial charge in [0.05, 0.1) is 0 Å². The molecule has 0 aromatic heterocycles. The van der Waals surface area contributed by atoms with Crippen LogP contribution in [0, 0.1) is 5.41 Å². The normalized spacial score (nSPS) is 19.3. The molecule has 0 bridgehead atoms. The number of carbonyl (C=O) groups excluding carboxylic acids is 1. The first kappa shape index (κ1) is 12.5. The second kappa shape index (κ2) is 4.62. The van der Waals surface area contributed by atoms with Crippen molar-refractivity contribution in [2.24, 2.45) is 5.41 Å². The first-order chi connectivity index (χ1) is 10.3. The summed E-state index contributed by atoms with van der Waals surface area (Å²) in [6, 6.07) is 20.5. The maximum atomic E-state index is 12.4. The van der Waals surface area contributed by atoms with Crippen LogP contribution in [-0.2, 0) is 11.3 Å². The molecule has 2 saturated heterocycles. The second-order valence-electron chi connectivity index (χ2n) is 6.12. The molecule has 0 atom stereocenters. The lowest BCUT2D eigenvalue weighted by Crippen LogP contribution is -2.75. The molecule has 2 heterocycles. The average molecular weight is 278 g/mol. The van der Waals surface area contributed by atoms with E-state index in [2.05, 4.69) is 29.2 Å². The van der Waals surface area contributed by atoms with Crippen molar-refractivity contribution < 1.29 is 4.79 Å². The Hall–Kier alpha value is -2.29. The third kappa shape index (κ3) is 2.00. The highest BCUT2D eigenvalue weighted by molar-refractivity contribution is 5.92. The van der Waals surface area contributed by atoms with E-state index in [9.17, 15) is 4.79 Å². The Bertz CT molecular complexity index is 647. The van der Waals surface area contributed by atoms with Crippen LogP contribution in [0.5, 0.6) is 0 Å². The average Bonchev–Trinajstić information content (AvgIpc) is 2.50. The number of anilines is 1. The fourth-order valence-corrected chi connectivity index (χ4v) is 3.42. The van der Waals surface area contributed by atoms with Gasteiger partial charge in [-0.1, -0.05) is 48.5 Å². The number of para-hydroxylation sites is 1. The number of rotatable bonds is 3. The van der Waals surface area contributed by atoms with Crippen LogP contribution < -0.4 is 4.90 Å². The summed E-state index contributed by atoms with van der Waals surface area (Å²) < 4.78 is 0. The van der Waals surface area contributed by atoms with Gasteiger partial charge >= 0.3 is 0 Å². The topological polar surface area (TPSA) is 23.6 Å². The predicted octanol–water partition coefficient (Wildman–Crippen LogP) is 2.54. The monoisotopic (exact) mass is 278 g/mol. The van der Waals surface area contributed by atoms with Gasteiger partial charge in [-0.15, -0.1) is 0 Å². The third-order valence-electron chi connectivity index (χ3n) is 4.56. The van der Waals surface area contributed by atoms with Gasteiger partial charge in [-0.3, -0.25) is 4.79 Å². The van der Waals surface area contributed by atoms with E-state index in [-0.39, 0.29) is 5.41 Å². The van der Waals surface area contributed by atoms with Crippen LogP contribution in [0.3, 0.4) is 0 Å². The largest absolute Gasteiger partial charge is 0.369 e. The zero-order valence-electron chi connectivity index (χ0n) is 11.9. The van der Waals surface area contributed by atoms with Gasteiger partial charge in [0.15, 0.2) is 0 Å². The maximum absolute atomic E-state index is 12.4. The fraction of sp³-hybridized carbons (Fsp3) is 0.278. The first-order valence-corrected chi connectivity index (χ1v) is 7.40. The molecular formula is C18H18N2O. The summed E-state index contributed by atoms with van der Waals surface area (Å²) in [5, 5.41) is 0. The second-order valence-corrected chi connectivity index (χ2v) is 6.12. The lowest BCUT2D eigenvalue weighted by molar-refractivity contribution is -0.164. The molecule has 2 aliphatic rings. The molecule has 0 radical (unpaired) electrons. The molecule has 2 aromatic rings. The number of amides is 1. The van der Waals surface area contributed by atoms with E-state index in [0.717, 1.165) is 26.2 Å². The highest BCUT2D eigenvalue weighted by Crippen LogP contribution is 2.43. The van der Waals surface area contributed by atoms with Gasteiger partial charge < -0.3 is 9.80 Å². The molecular weight excluding hydrogens is 260 g/mol. The van der Waals surface area contributed by atoms with Crippen LogP contribution in [0.15, 0.2) is 60.7 Å². The van der Waals surface area contributed by atoms with Crippen molar-refractivity contribution in [1.29, 1.82) is 0 Å². The van der Waals surface area contributed by atoms with Crippen LogP contribution >= 0.6 is 0 Å². The Morgan fingerprint density at radius 1 is 0.857 bits per heavy atom. The van der Waals surface area contributed by atoms with Crippen LogP contribution in [0.4, 0.5) is 5.69 Å². The Balaban J connectivity index is 1.37. The van der Waals surface area contributed by atoms with Crippen molar-refractivity contribution in [3.05, 3.63) is 66.2 Å². The SMILES string of the molecule is O=C1N(Cc2ccccc2)CC12CN(c1ccccc1)C2. The summed E-state index contributed by atoms with van der Waals surface area (Å²) >= 11 is 0. The number of hydrogen-bond donors (Lipinski definition) is 0. The van der Waals surface area contributed by atoms with Gasteiger partial charge in [0, 0.05) is 31.9 Å². The highest BCUT2D eigenvalue weighted by Gasteiger charge is 2.59. The smallest absolute Gasteiger partial charge is 0.234 e. The molecule has 21 heavy (non-hydrogen) atoms. The molecule has 0 aliphatic carbocycles. The van der Waals surface area contributed by atoms with Crippen molar-refractivity contribution in [3.8, 4) is 0 Å². The fourth-order valence-electron chi connectivity index (χ4n) is 3.42. The molecule has 0 N–H and O–H groups in total. The molecule has 2 fully saturated rings. The third-order valence-corrected chi connectivity index (χ3v) is 4.56. The predicted molar refractivity (Wildman–Crippen MR) is 82.9 cm³/mol. The zero-order valence-corrected chi connectivity index (χ0v) is 11.9. The Morgan fingerprint density at radius 2 is 1.48 bits per heavy atom. The summed E-state index contributed by atoms with van der Waals surface area (Å²) in [7, 11) is 0. The lowest BCUT2D eigenvalue weighted by atomic mass is 9.71. The summed E-state index contributed by atoms with van der Waals surface area (Å²) in [5.74, 6) is 0.318. The van der Waals surface area contributed by atoms with Gasteiger partial charge in [0.25, 0.3) is 0 Å². The number of hydrogen-bond acceptors (Lipinski definition) is 2. The number of carbonyl (C=O) groups is 1. The van der Waals surface area contributed by atoms with E-state index < -0.39 is 0 Å². The van der Waals surface area contributed by atoms with Crippen molar-refractivity contribution >= 4 is 11.6 Å². The van der Waals surface area contributed by atoms with Crippen LogP contribution in [0.25, 0.3) is 0 Å². The van der Waals surface area contributed by atoms with E-state index in [4.69, 9.17) is 0 Å². The minimum absolute atomic E-state index is 0.107. The molecule has 4 rings (SSSR count). The van der Waals surface area contributed by atoms with Crippen LogP contribution in [0.1, 0.15) is 5.56 Å². The number of likely N-dealkylation sites (tertiary alicyclic amines) is 1. The number of benzene rings is 2. The quantitative estimate of drug-likeness (QED) is 0.806. The Kier molecular flexibility index (Phi) is 2.74. The first-order valence-electron chi connectivity index (χ1n) is 7.40. The lowest BCUT2D eigenvalue weighted by Gasteiger charge is -2.59. The molecule has 2 aromatic carbocycles. The van der Waals surface area contributed by atoms with Crippen molar-refractivity contribution in [2.75, 3.05) is 24.5 Å². The molecule has 0 saturated carbocycles. The van der Waals surface area contributed by atoms with E-state index in [1.807, 2.05) is 41.3 Å². The molecule has 2 aliphatic heterocycles. The van der Waals surface area contributed by atoms with Crippen molar-refractivity contribution in [2.45, 2.75) is 6.54 Å². The molecule has 3 nitrogen and oxygen atoms in total. The summed E-state index contributed by atoms with van der Waals surface area (Å²) in [4.78, 5) is 16.7. The summed E-state index contributed by atoms with van der Waals surface area (Å²) in [6.07, 6.45) is 0. The summed E-state index contributed by atoms with van der Waals surface area (Å²) in [5.41, 5.74) is 2.32. The van der Waals surface area contributed by atoms with Crippen LogP contribution in [-0.4, -0.2) is 30.4 Å². The van der Waals surface area contributed by atoms with Gasteiger partial charge in [-0.05, 0) is 17.7 Å². The standard InChI is InChI=1S/C18H18N2O/c21-17-18(12-19(17)11-15-7-3-1-4-8-15)13-20(14-18)16-9-5-2-6-10-16/h1-10H,11-14H2. The molecule has 1 amide bonds. The van der Waals surface area contributed by atoms with Gasteiger partial charge in [-0.2, -0.15) is 0 Å². The maximum Gasteiger partial charge on any atom is 0.234 e. The van der Waals surface area contributed by atoms with E-state index >= 15 is 0 Å². The molecule has 1 spiro atoms. The minimum atomic E-state index is -0.107. The van der Waals surface area contributed by atoms with Crippen molar-refractivity contribution in [1.82, 2.24) is 4.90 Å². The van der Waals surface area contributed by atoms with E-state index in [0.29, 0.717) is 5.91 Å². The summed E-state index contributed by atoms with van der Waals surface area (Å²) in [6.45, 7) is 3.36. The van der Waals surface area contributed by atoms with Gasteiger partial charge in [-0.25, -0.2) is 0 Å². The highest BCUT2D eigenvalue weighted by atomic mass is 16.2. The van der Waals surface area contributed by atoms with Crippen LogP contribution in [0.2, 0.25) is 0 Å². The van der Waals surface area contributed by atoms with Crippen molar-refractivity contribution in [3.63, 3.8) is 0 Å². The van der Waals surface area contributed by atoms with E-state index in [1.54, 1.807) is 0 Å². The number of β-lactam (4-membered cyclic amide) rings is 1.